The molecule has 1 atom stereocenters. The highest BCUT2D eigenvalue weighted by Crippen LogP contribution is 2.40. The Kier molecular flexibility index (Phi) is 3.39. The van der Waals surface area contributed by atoms with Crippen molar-refractivity contribution >= 4 is 17.7 Å². The Labute approximate surface area is 98.8 Å². The number of rotatable bonds is 4. The molecule has 16 heavy (non-hydrogen) atoms. The van der Waals surface area contributed by atoms with Gasteiger partial charge in [-0.15, -0.1) is 11.8 Å². The highest BCUT2D eigenvalue weighted by atomic mass is 32.2. The number of fused-ring (bicyclic) bond motifs is 1. The van der Waals surface area contributed by atoms with Crippen LogP contribution in [0.2, 0.25) is 0 Å². The number of aliphatic carboxylic acids is 1. The zero-order chi connectivity index (χ0) is 11.5. The van der Waals surface area contributed by atoms with E-state index in [0.717, 1.165) is 18.6 Å². The first-order valence-electron chi connectivity index (χ1n) is 5.24. The number of methoxy groups -OCH3 is 1. The van der Waals surface area contributed by atoms with Crippen molar-refractivity contribution in [3.8, 4) is 5.75 Å². The van der Waals surface area contributed by atoms with E-state index in [9.17, 15) is 4.79 Å². The maximum absolute atomic E-state index is 10.5. The summed E-state index contributed by atoms with van der Waals surface area (Å²) in [7, 11) is 1.66. The highest BCUT2D eigenvalue weighted by molar-refractivity contribution is 8.00. The summed E-state index contributed by atoms with van der Waals surface area (Å²) in [6, 6.07) is 6.05. The molecule has 1 N–H and O–H groups in total. The summed E-state index contributed by atoms with van der Waals surface area (Å²) in [5.74, 6) is 0.160. The van der Waals surface area contributed by atoms with Crippen LogP contribution in [0.3, 0.4) is 0 Å². The van der Waals surface area contributed by atoms with E-state index < -0.39 is 5.97 Å². The van der Waals surface area contributed by atoms with Crippen LogP contribution in [-0.2, 0) is 11.2 Å². The lowest BCUT2D eigenvalue weighted by atomic mass is 10.1. The van der Waals surface area contributed by atoms with Crippen molar-refractivity contribution < 1.29 is 14.6 Å². The van der Waals surface area contributed by atoms with Gasteiger partial charge in [-0.1, -0.05) is 0 Å². The molecule has 0 amide bonds. The van der Waals surface area contributed by atoms with E-state index in [1.165, 1.54) is 10.5 Å². The average Bonchev–Trinajstić information content (AvgIpc) is 2.67. The topological polar surface area (TPSA) is 46.5 Å². The molecule has 0 aromatic heterocycles. The lowest BCUT2D eigenvalue weighted by molar-refractivity contribution is -0.137. The van der Waals surface area contributed by atoms with Crippen molar-refractivity contribution in [1.29, 1.82) is 0 Å². The molecule has 1 aromatic rings. The van der Waals surface area contributed by atoms with Gasteiger partial charge in [-0.2, -0.15) is 0 Å². The lowest BCUT2D eigenvalue weighted by Gasteiger charge is -2.04. The van der Waals surface area contributed by atoms with Gasteiger partial charge >= 0.3 is 5.97 Å². The summed E-state index contributed by atoms with van der Waals surface area (Å²) in [6.45, 7) is 0. The summed E-state index contributed by atoms with van der Waals surface area (Å²) in [5, 5.41) is 9.04. The van der Waals surface area contributed by atoms with Gasteiger partial charge in [-0.25, -0.2) is 0 Å². The van der Waals surface area contributed by atoms with Gasteiger partial charge in [-0.3, -0.25) is 4.79 Å². The van der Waals surface area contributed by atoms with Crippen LogP contribution >= 0.6 is 11.8 Å². The molecule has 4 heteroatoms. The molecule has 0 fully saturated rings. The fraction of sp³-hybridized carbons (Fsp3) is 0.417. The molecule has 2 rings (SSSR count). The number of carboxylic acid groups (broad SMARTS) is 1. The van der Waals surface area contributed by atoms with Crippen molar-refractivity contribution in [2.24, 2.45) is 0 Å². The predicted octanol–water partition coefficient (Wildman–Crippen LogP) is 2.58. The molecule has 1 heterocycles. The summed E-state index contributed by atoms with van der Waals surface area (Å²) < 4.78 is 5.17. The van der Waals surface area contributed by atoms with Gasteiger partial charge < -0.3 is 9.84 Å². The number of carboxylic acids is 1. The first-order chi connectivity index (χ1) is 7.69. The molecule has 86 valence electrons. The van der Waals surface area contributed by atoms with Gasteiger partial charge in [0.2, 0.25) is 0 Å². The minimum absolute atomic E-state index is 0.253. The molecule has 0 saturated carbocycles. The molecule has 0 saturated heterocycles. The number of hydrogen-bond acceptors (Lipinski definition) is 3. The molecule has 1 aromatic carbocycles. The molecule has 1 aliphatic rings. The van der Waals surface area contributed by atoms with Crippen LogP contribution in [0.1, 0.15) is 18.4 Å². The first-order valence-corrected chi connectivity index (χ1v) is 6.12. The Morgan fingerprint density at radius 2 is 2.44 bits per heavy atom. The van der Waals surface area contributed by atoms with Crippen LogP contribution in [0, 0.1) is 0 Å². The van der Waals surface area contributed by atoms with Crippen LogP contribution in [0.25, 0.3) is 0 Å². The Balaban J connectivity index is 2.00. The van der Waals surface area contributed by atoms with E-state index >= 15 is 0 Å². The van der Waals surface area contributed by atoms with Crippen LogP contribution in [0.4, 0.5) is 0 Å². The van der Waals surface area contributed by atoms with Gasteiger partial charge in [-0.05, 0) is 36.6 Å². The SMILES string of the molecule is COc1ccc2c(c1)CC(CCC(=O)O)S2. The summed E-state index contributed by atoms with van der Waals surface area (Å²) in [4.78, 5) is 11.8. The molecule has 0 aliphatic carbocycles. The zero-order valence-corrected chi connectivity index (χ0v) is 9.92. The van der Waals surface area contributed by atoms with E-state index in [-0.39, 0.29) is 6.42 Å². The van der Waals surface area contributed by atoms with Crippen molar-refractivity contribution in [3.63, 3.8) is 0 Å². The number of thioether (sulfide) groups is 1. The maximum atomic E-state index is 10.5. The molecule has 0 bridgehead atoms. The average molecular weight is 238 g/mol. The number of carbonyl (C=O) groups is 1. The van der Waals surface area contributed by atoms with Crippen molar-refractivity contribution in [2.45, 2.75) is 29.4 Å². The lowest BCUT2D eigenvalue weighted by Crippen LogP contribution is -2.04. The van der Waals surface area contributed by atoms with E-state index in [2.05, 4.69) is 6.07 Å². The molecule has 0 radical (unpaired) electrons. The molecular formula is C12H14O3S. The van der Waals surface area contributed by atoms with Crippen molar-refractivity contribution in [3.05, 3.63) is 23.8 Å². The van der Waals surface area contributed by atoms with Crippen molar-refractivity contribution in [2.75, 3.05) is 7.11 Å². The van der Waals surface area contributed by atoms with E-state index in [0.29, 0.717) is 5.25 Å². The number of benzene rings is 1. The van der Waals surface area contributed by atoms with Gasteiger partial charge in [0.15, 0.2) is 0 Å². The third-order valence-electron chi connectivity index (χ3n) is 2.69. The second-order valence-electron chi connectivity index (χ2n) is 3.85. The molecule has 0 spiro atoms. The predicted molar refractivity (Wildman–Crippen MR) is 63.2 cm³/mol. The van der Waals surface area contributed by atoms with Crippen molar-refractivity contribution in [1.82, 2.24) is 0 Å². The smallest absolute Gasteiger partial charge is 0.303 e. The number of ether oxygens (including phenoxy) is 1. The monoisotopic (exact) mass is 238 g/mol. The van der Waals surface area contributed by atoms with Gasteiger partial charge in [0.25, 0.3) is 0 Å². The Bertz CT molecular complexity index is 403. The Hall–Kier alpha value is -1.16. The van der Waals surface area contributed by atoms with Crippen LogP contribution in [0.15, 0.2) is 23.1 Å². The Morgan fingerprint density at radius 3 is 3.12 bits per heavy atom. The second-order valence-corrected chi connectivity index (χ2v) is 5.19. The second kappa shape index (κ2) is 4.78. The van der Waals surface area contributed by atoms with Crippen LogP contribution < -0.4 is 4.74 Å². The minimum Gasteiger partial charge on any atom is -0.497 e. The van der Waals surface area contributed by atoms with Crippen LogP contribution in [-0.4, -0.2) is 23.4 Å². The normalized spacial score (nSPS) is 18.2. The Morgan fingerprint density at radius 1 is 1.62 bits per heavy atom. The molecule has 3 nitrogen and oxygen atoms in total. The summed E-state index contributed by atoms with van der Waals surface area (Å²) in [5.41, 5.74) is 1.28. The number of hydrogen-bond donors (Lipinski definition) is 1. The third kappa shape index (κ3) is 2.50. The largest absolute Gasteiger partial charge is 0.497 e. The highest BCUT2D eigenvalue weighted by Gasteiger charge is 2.23. The third-order valence-corrected chi connectivity index (χ3v) is 4.08. The zero-order valence-electron chi connectivity index (χ0n) is 9.10. The molecule has 1 aliphatic heterocycles. The molecule has 1 unspecified atom stereocenters. The van der Waals surface area contributed by atoms with Gasteiger partial charge in [0.05, 0.1) is 7.11 Å². The molecular weight excluding hydrogens is 224 g/mol. The standard InChI is InChI=1S/C12H14O3S/c1-15-9-2-4-11-8(6-9)7-10(16-11)3-5-12(13)14/h2,4,6,10H,3,5,7H2,1H3,(H,13,14). The minimum atomic E-state index is -0.714. The summed E-state index contributed by atoms with van der Waals surface area (Å²) >= 11 is 1.78. The fourth-order valence-electron chi connectivity index (χ4n) is 1.87. The quantitative estimate of drug-likeness (QED) is 0.875. The van der Waals surface area contributed by atoms with E-state index in [1.54, 1.807) is 18.9 Å². The maximum Gasteiger partial charge on any atom is 0.303 e. The van der Waals surface area contributed by atoms with E-state index in [1.807, 2.05) is 12.1 Å². The first kappa shape index (κ1) is 11.3. The van der Waals surface area contributed by atoms with Gasteiger partial charge in [0.1, 0.15) is 5.75 Å². The van der Waals surface area contributed by atoms with E-state index in [4.69, 9.17) is 9.84 Å². The fourth-order valence-corrected chi connectivity index (χ4v) is 3.17. The summed E-state index contributed by atoms with van der Waals surface area (Å²) in [6.07, 6.45) is 1.93. The van der Waals surface area contributed by atoms with Crippen LogP contribution in [0.5, 0.6) is 5.75 Å². The van der Waals surface area contributed by atoms with Gasteiger partial charge in [0, 0.05) is 16.6 Å².